The molecule has 0 saturated carbocycles. The van der Waals surface area contributed by atoms with Gasteiger partial charge >= 0.3 is 0 Å². The molecule has 3 rings (SSSR count). The van der Waals surface area contributed by atoms with Gasteiger partial charge in [0.25, 0.3) is 0 Å². The van der Waals surface area contributed by atoms with Crippen LogP contribution in [-0.2, 0) is 11.2 Å². The van der Waals surface area contributed by atoms with E-state index in [2.05, 4.69) is 5.32 Å². The highest BCUT2D eigenvalue weighted by atomic mass is 16.2. The van der Waals surface area contributed by atoms with Crippen molar-refractivity contribution in [3.8, 4) is 0 Å². The predicted octanol–water partition coefficient (Wildman–Crippen LogP) is 4.07. The molecular formula is C24H25NO3. The van der Waals surface area contributed by atoms with E-state index in [4.69, 9.17) is 0 Å². The van der Waals surface area contributed by atoms with Crippen molar-refractivity contribution in [1.82, 2.24) is 5.32 Å². The van der Waals surface area contributed by atoms with Crippen molar-refractivity contribution in [3.63, 3.8) is 0 Å². The Hall–Kier alpha value is -3.01. The molecule has 0 aromatic heterocycles. The van der Waals surface area contributed by atoms with Gasteiger partial charge in [-0.1, -0.05) is 60.2 Å². The average Bonchev–Trinajstić information content (AvgIpc) is 2.92. The van der Waals surface area contributed by atoms with Crippen molar-refractivity contribution in [2.75, 3.05) is 0 Å². The quantitative estimate of drug-likeness (QED) is 0.498. The van der Waals surface area contributed by atoms with Crippen molar-refractivity contribution in [2.24, 2.45) is 5.41 Å². The molecule has 0 saturated heterocycles. The third-order valence-corrected chi connectivity index (χ3v) is 4.89. The third-order valence-electron chi connectivity index (χ3n) is 4.89. The molecule has 2 aromatic carbocycles. The SMILES string of the molecule is Cc1ccc(C(=O)/C=C/C2(C(=O)NC(C)(C)C)Cc3ccccc3C2=O)cc1. The molecule has 1 amide bonds. The van der Waals surface area contributed by atoms with Gasteiger partial charge in [-0.05, 0) is 45.8 Å². The van der Waals surface area contributed by atoms with Gasteiger partial charge in [0.05, 0.1) is 0 Å². The molecule has 1 N–H and O–H groups in total. The fraction of sp³-hybridized carbons (Fsp3) is 0.292. The van der Waals surface area contributed by atoms with Crippen LogP contribution in [-0.4, -0.2) is 23.0 Å². The number of amides is 1. The topological polar surface area (TPSA) is 63.2 Å². The predicted molar refractivity (Wildman–Crippen MR) is 109 cm³/mol. The number of fused-ring (bicyclic) bond motifs is 1. The Kier molecular flexibility index (Phi) is 5.07. The Bertz CT molecular complexity index is 964. The zero-order valence-corrected chi connectivity index (χ0v) is 16.7. The Balaban J connectivity index is 1.98. The van der Waals surface area contributed by atoms with Gasteiger partial charge in [-0.15, -0.1) is 0 Å². The van der Waals surface area contributed by atoms with Crippen LogP contribution in [0.4, 0.5) is 0 Å². The molecule has 0 spiro atoms. The number of hydrogen-bond donors (Lipinski definition) is 1. The monoisotopic (exact) mass is 375 g/mol. The molecule has 0 heterocycles. The maximum absolute atomic E-state index is 13.2. The van der Waals surface area contributed by atoms with Crippen molar-refractivity contribution in [2.45, 2.75) is 39.7 Å². The van der Waals surface area contributed by atoms with Crippen LogP contribution in [0.3, 0.4) is 0 Å². The molecule has 4 heteroatoms. The van der Waals surface area contributed by atoms with Gasteiger partial charge in [0.15, 0.2) is 11.6 Å². The molecule has 1 aliphatic carbocycles. The van der Waals surface area contributed by atoms with Gasteiger partial charge in [0.1, 0.15) is 5.41 Å². The largest absolute Gasteiger partial charge is 0.350 e. The summed E-state index contributed by atoms with van der Waals surface area (Å²) >= 11 is 0. The lowest BCUT2D eigenvalue weighted by Gasteiger charge is -2.29. The van der Waals surface area contributed by atoms with Gasteiger partial charge in [-0.3, -0.25) is 14.4 Å². The maximum Gasteiger partial charge on any atom is 0.238 e. The van der Waals surface area contributed by atoms with E-state index in [0.717, 1.165) is 11.1 Å². The smallest absolute Gasteiger partial charge is 0.238 e. The normalized spacial score (nSPS) is 18.9. The molecule has 1 atom stereocenters. The van der Waals surface area contributed by atoms with Crippen LogP contribution in [0.15, 0.2) is 60.7 Å². The highest BCUT2D eigenvalue weighted by Crippen LogP contribution is 2.39. The molecule has 1 unspecified atom stereocenters. The summed E-state index contributed by atoms with van der Waals surface area (Å²) in [5, 5.41) is 2.92. The minimum atomic E-state index is -1.41. The molecule has 0 bridgehead atoms. The van der Waals surface area contributed by atoms with E-state index in [9.17, 15) is 14.4 Å². The zero-order chi connectivity index (χ0) is 20.5. The number of benzene rings is 2. The first-order valence-electron chi connectivity index (χ1n) is 9.38. The molecule has 28 heavy (non-hydrogen) atoms. The van der Waals surface area contributed by atoms with Crippen LogP contribution in [0.25, 0.3) is 0 Å². The average molecular weight is 375 g/mol. The van der Waals surface area contributed by atoms with Gasteiger partial charge in [0.2, 0.25) is 5.91 Å². The first-order valence-corrected chi connectivity index (χ1v) is 9.38. The fourth-order valence-electron chi connectivity index (χ4n) is 3.39. The second kappa shape index (κ2) is 7.19. The Morgan fingerprint density at radius 1 is 1.04 bits per heavy atom. The molecule has 1 aliphatic rings. The number of carbonyl (C=O) groups is 3. The first kappa shape index (κ1) is 19.7. The molecular weight excluding hydrogens is 350 g/mol. The summed E-state index contributed by atoms with van der Waals surface area (Å²) in [6.07, 6.45) is 3.09. The van der Waals surface area contributed by atoms with Crippen LogP contribution in [0, 0.1) is 12.3 Å². The number of hydrogen-bond acceptors (Lipinski definition) is 3. The molecule has 0 radical (unpaired) electrons. The highest BCUT2D eigenvalue weighted by Gasteiger charge is 2.50. The standard InChI is InChI=1S/C24H25NO3/c1-16-9-11-17(12-10-16)20(26)13-14-24(22(28)25-23(2,3)4)15-18-7-5-6-8-19(18)21(24)27/h5-14H,15H2,1-4H3,(H,25,28)/b14-13+. The number of Topliss-reactive ketones (excluding diaryl/α,β-unsaturated/α-hetero) is 1. The van der Waals surface area contributed by atoms with E-state index in [1.165, 1.54) is 12.2 Å². The summed E-state index contributed by atoms with van der Waals surface area (Å²) in [4.78, 5) is 39.0. The maximum atomic E-state index is 13.2. The van der Waals surface area contributed by atoms with Crippen LogP contribution < -0.4 is 5.32 Å². The van der Waals surface area contributed by atoms with E-state index in [0.29, 0.717) is 11.1 Å². The van der Waals surface area contributed by atoms with E-state index in [1.54, 1.807) is 24.3 Å². The van der Waals surface area contributed by atoms with Crippen molar-refractivity contribution >= 4 is 17.5 Å². The van der Waals surface area contributed by atoms with Crippen LogP contribution in [0.2, 0.25) is 0 Å². The summed E-state index contributed by atoms with van der Waals surface area (Å²) in [7, 11) is 0. The molecule has 144 valence electrons. The minimum Gasteiger partial charge on any atom is -0.350 e. The number of aryl methyl sites for hydroxylation is 1. The van der Waals surface area contributed by atoms with Crippen LogP contribution >= 0.6 is 0 Å². The summed E-state index contributed by atoms with van der Waals surface area (Å²) in [5.74, 6) is -0.876. The van der Waals surface area contributed by atoms with Crippen molar-refractivity contribution in [1.29, 1.82) is 0 Å². The van der Waals surface area contributed by atoms with Gasteiger partial charge < -0.3 is 5.32 Å². The fourth-order valence-corrected chi connectivity index (χ4v) is 3.39. The van der Waals surface area contributed by atoms with E-state index in [-0.39, 0.29) is 23.9 Å². The second-order valence-electron chi connectivity index (χ2n) is 8.40. The Morgan fingerprint density at radius 2 is 1.68 bits per heavy atom. The Morgan fingerprint density at radius 3 is 2.29 bits per heavy atom. The number of carbonyl (C=O) groups excluding carboxylic acids is 3. The Labute approximate surface area is 165 Å². The number of nitrogens with one attached hydrogen (secondary N) is 1. The van der Waals surface area contributed by atoms with E-state index < -0.39 is 11.0 Å². The molecule has 2 aromatic rings. The number of allylic oxidation sites excluding steroid dienone is 1. The number of rotatable bonds is 4. The van der Waals surface area contributed by atoms with Crippen molar-refractivity contribution in [3.05, 3.63) is 82.9 Å². The lowest BCUT2D eigenvalue weighted by molar-refractivity contribution is -0.127. The van der Waals surface area contributed by atoms with Crippen LogP contribution in [0.5, 0.6) is 0 Å². The van der Waals surface area contributed by atoms with E-state index in [1.807, 2.05) is 52.0 Å². The lowest BCUT2D eigenvalue weighted by atomic mass is 9.81. The summed E-state index contributed by atoms with van der Waals surface area (Å²) in [6, 6.07) is 14.4. The van der Waals surface area contributed by atoms with Gasteiger partial charge in [-0.2, -0.15) is 0 Å². The minimum absolute atomic E-state index is 0.230. The molecule has 4 nitrogen and oxygen atoms in total. The molecule has 0 aliphatic heterocycles. The highest BCUT2D eigenvalue weighted by molar-refractivity contribution is 6.19. The summed E-state index contributed by atoms with van der Waals surface area (Å²) < 4.78 is 0. The van der Waals surface area contributed by atoms with E-state index >= 15 is 0 Å². The molecule has 0 fully saturated rings. The summed E-state index contributed by atoms with van der Waals surface area (Å²) in [5.41, 5.74) is 1.05. The number of ketones is 2. The van der Waals surface area contributed by atoms with Gasteiger partial charge in [-0.25, -0.2) is 0 Å². The van der Waals surface area contributed by atoms with Crippen LogP contribution in [0.1, 0.15) is 52.6 Å². The summed E-state index contributed by atoms with van der Waals surface area (Å²) in [6.45, 7) is 7.55. The zero-order valence-electron chi connectivity index (χ0n) is 16.7. The lowest BCUT2D eigenvalue weighted by Crippen LogP contribution is -2.51. The van der Waals surface area contributed by atoms with Crippen molar-refractivity contribution < 1.29 is 14.4 Å². The first-order chi connectivity index (χ1) is 13.1. The third kappa shape index (κ3) is 3.81. The second-order valence-corrected chi connectivity index (χ2v) is 8.40. The van der Waals surface area contributed by atoms with Gasteiger partial charge in [0, 0.05) is 16.7 Å².